The summed E-state index contributed by atoms with van der Waals surface area (Å²) in [4.78, 5) is 34.8. The summed E-state index contributed by atoms with van der Waals surface area (Å²) in [7, 11) is 0. The Morgan fingerprint density at radius 3 is 2.46 bits per heavy atom. The average Bonchev–Trinajstić information content (AvgIpc) is 2.55. The number of nitrogens with one attached hydrogen (secondary N) is 1. The van der Waals surface area contributed by atoms with Gasteiger partial charge in [0.2, 0.25) is 11.7 Å². The van der Waals surface area contributed by atoms with Crippen LogP contribution in [0.5, 0.6) is 0 Å². The molecule has 0 spiro atoms. The van der Waals surface area contributed by atoms with Crippen LogP contribution in [-0.2, 0) is 20.7 Å². The van der Waals surface area contributed by atoms with Crippen LogP contribution in [0.2, 0.25) is 10.0 Å². The van der Waals surface area contributed by atoms with E-state index in [1.807, 2.05) is 0 Å². The highest BCUT2D eigenvalue weighted by Crippen LogP contribution is 2.21. The topological polar surface area (TPSA) is 72.5 Å². The largest absolute Gasteiger partial charge is 0.457 e. The van der Waals surface area contributed by atoms with E-state index >= 15 is 0 Å². The summed E-state index contributed by atoms with van der Waals surface area (Å²) in [6.07, 6.45) is -0.146. The third kappa shape index (κ3) is 5.54. The van der Waals surface area contributed by atoms with Crippen molar-refractivity contribution in [2.75, 3.05) is 11.9 Å². The average molecular weight is 398 g/mol. The maximum atomic E-state index is 14.0. The minimum atomic E-state index is -0.821. The monoisotopic (exact) mass is 397 g/mol. The van der Waals surface area contributed by atoms with Crippen molar-refractivity contribution in [3.8, 4) is 0 Å². The Bertz CT molecular complexity index is 870. The van der Waals surface area contributed by atoms with Crippen molar-refractivity contribution in [3.63, 3.8) is 0 Å². The molecule has 136 valence electrons. The van der Waals surface area contributed by atoms with E-state index in [4.69, 9.17) is 27.9 Å². The van der Waals surface area contributed by atoms with Gasteiger partial charge in [-0.3, -0.25) is 14.4 Å². The summed E-state index contributed by atoms with van der Waals surface area (Å²) in [5, 5.41) is 3.14. The minimum absolute atomic E-state index is 0.146. The number of halogens is 3. The maximum absolute atomic E-state index is 14.0. The van der Waals surface area contributed by atoms with Crippen LogP contribution in [0.15, 0.2) is 36.4 Å². The van der Waals surface area contributed by atoms with Gasteiger partial charge in [0.1, 0.15) is 5.82 Å². The molecule has 0 aliphatic heterocycles. The predicted molar refractivity (Wildman–Crippen MR) is 96.2 cm³/mol. The fourth-order valence-electron chi connectivity index (χ4n) is 2.12. The molecule has 26 heavy (non-hydrogen) atoms. The fourth-order valence-corrected chi connectivity index (χ4v) is 2.59. The second-order valence-electron chi connectivity index (χ2n) is 5.37. The molecule has 1 N–H and O–H groups in total. The van der Waals surface area contributed by atoms with Gasteiger partial charge in [-0.1, -0.05) is 29.3 Å². The SMILES string of the molecule is CC(=O)Nc1ccc(C(=O)COC(=O)Cc2ccc(Cl)cc2Cl)c(F)c1. The maximum Gasteiger partial charge on any atom is 0.310 e. The first kappa shape index (κ1) is 19.9. The number of carbonyl (C=O) groups excluding carboxylic acids is 3. The van der Waals surface area contributed by atoms with Crippen molar-refractivity contribution in [1.82, 2.24) is 0 Å². The summed E-state index contributed by atoms with van der Waals surface area (Å²) in [5.74, 6) is -2.57. The van der Waals surface area contributed by atoms with E-state index in [-0.39, 0.29) is 23.6 Å². The van der Waals surface area contributed by atoms with Gasteiger partial charge in [0, 0.05) is 22.7 Å². The zero-order valence-electron chi connectivity index (χ0n) is 13.6. The lowest BCUT2D eigenvalue weighted by Gasteiger charge is -2.08. The fraction of sp³-hybridized carbons (Fsp3) is 0.167. The Morgan fingerprint density at radius 2 is 1.85 bits per heavy atom. The van der Waals surface area contributed by atoms with Crippen LogP contribution in [0, 0.1) is 5.82 Å². The van der Waals surface area contributed by atoms with E-state index in [1.165, 1.54) is 25.1 Å². The van der Waals surface area contributed by atoms with Gasteiger partial charge in [0.15, 0.2) is 6.61 Å². The second-order valence-corrected chi connectivity index (χ2v) is 6.22. The molecule has 5 nitrogen and oxygen atoms in total. The molecular weight excluding hydrogens is 384 g/mol. The van der Waals surface area contributed by atoms with Gasteiger partial charge in [-0.2, -0.15) is 0 Å². The van der Waals surface area contributed by atoms with Gasteiger partial charge < -0.3 is 10.1 Å². The molecule has 2 aromatic rings. The van der Waals surface area contributed by atoms with E-state index in [2.05, 4.69) is 5.32 Å². The van der Waals surface area contributed by atoms with E-state index < -0.39 is 24.2 Å². The Hall–Kier alpha value is -2.44. The highest BCUT2D eigenvalue weighted by molar-refractivity contribution is 6.35. The molecule has 0 saturated heterocycles. The number of hydrogen-bond donors (Lipinski definition) is 1. The zero-order chi connectivity index (χ0) is 19.3. The smallest absolute Gasteiger partial charge is 0.310 e. The number of anilines is 1. The van der Waals surface area contributed by atoms with Crippen LogP contribution >= 0.6 is 23.2 Å². The van der Waals surface area contributed by atoms with Crippen molar-refractivity contribution in [2.24, 2.45) is 0 Å². The van der Waals surface area contributed by atoms with Gasteiger partial charge in [0.05, 0.1) is 12.0 Å². The van der Waals surface area contributed by atoms with Gasteiger partial charge in [-0.25, -0.2) is 4.39 Å². The molecule has 0 aromatic heterocycles. The minimum Gasteiger partial charge on any atom is -0.457 e. The lowest BCUT2D eigenvalue weighted by atomic mass is 10.1. The summed E-state index contributed by atoms with van der Waals surface area (Å²) < 4.78 is 18.9. The van der Waals surface area contributed by atoms with Crippen molar-refractivity contribution >= 4 is 46.5 Å². The summed E-state index contributed by atoms with van der Waals surface area (Å²) in [5.41, 5.74) is 0.483. The number of ketones is 1. The number of benzene rings is 2. The lowest BCUT2D eigenvalue weighted by molar-refractivity contribution is -0.141. The van der Waals surface area contributed by atoms with Crippen LogP contribution in [0.3, 0.4) is 0 Å². The van der Waals surface area contributed by atoms with Gasteiger partial charge in [-0.15, -0.1) is 0 Å². The molecule has 2 aromatic carbocycles. The Balaban J connectivity index is 1.95. The van der Waals surface area contributed by atoms with Gasteiger partial charge in [-0.05, 0) is 35.9 Å². The van der Waals surface area contributed by atoms with Crippen LogP contribution < -0.4 is 5.32 Å². The number of Topliss-reactive ketones (excluding diaryl/α,β-unsaturated/α-hetero) is 1. The second kappa shape index (κ2) is 8.78. The van der Waals surface area contributed by atoms with E-state index in [9.17, 15) is 18.8 Å². The number of esters is 1. The summed E-state index contributed by atoms with van der Waals surface area (Å²) >= 11 is 11.7. The van der Waals surface area contributed by atoms with E-state index in [0.29, 0.717) is 15.6 Å². The standard InChI is InChI=1S/C18H14Cl2FNO4/c1-10(23)22-13-4-5-14(16(21)8-13)17(24)9-26-18(25)6-11-2-3-12(19)7-15(11)20/h2-5,7-8H,6,9H2,1H3,(H,22,23). The molecule has 0 heterocycles. The normalized spacial score (nSPS) is 10.3. The van der Waals surface area contributed by atoms with Crippen molar-refractivity contribution < 1.29 is 23.5 Å². The van der Waals surface area contributed by atoms with Crippen LogP contribution in [0.1, 0.15) is 22.8 Å². The summed E-state index contributed by atoms with van der Waals surface area (Å²) in [6, 6.07) is 8.26. The molecule has 0 aliphatic rings. The zero-order valence-corrected chi connectivity index (χ0v) is 15.2. The number of carbonyl (C=O) groups is 3. The molecule has 0 saturated carbocycles. The molecule has 0 bridgehead atoms. The number of ether oxygens (including phenoxy) is 1. The summed E-state index contributed by atoms with van der Waals surface area (Å²) in [6.45, 7) is 0.670. The number of amides is 1. The van der Waals surface area contributed by atoms with Gasteiger partial charge >= 0.3 is 5.97 Å². The van der Waals surface area contributed by atoms with Crippen molar-refractivity contribution in [2.45, 2.75) is 13.3 Å². The lowest BCUT2D eigenvalue weighted by Crippen LogP contribution is -2.17. The van der Waals surface area contributed by atoms with Crippen LogP contribution in [0.25, 0.3) is 0 Å². The van der Waals surface area contributed by atoms with Crippen molar-refractivity contribution in [3.05, 3.63) is 63.4 Å². The molecule has 0 aliphatic carbocycles. The molecule has 0 radical (unpaired) electrons. The predicted octanol–water partition coefficient (Wildman–Crippen LogP) is 4.06. The van der Waals surface area contributed by atoms with E-state index in [1.54, 1.807) is 12.1 Å². The third-order valence-corrected chi connectivity index (χ3v) is 3.89. The first-order valence-corrected chi connectivity index (χ1v) is 8.21. The Labute approximate surface area is 159 Å². The van der Waals surface area contributed by atoms with Crippen molar-refractivity contribution in [1.29, 1.82) is 0 Å². The molecular formula is C18H14Cl2FNO4. The molecule has 1 amide bonds. The molecule has 8 heteroatoms. The molecule has 0 unspecified atom stereocenters. The number of rotatable bonds is 6. The highest BCUT2D eigenvalue weighted by Gasteiger charge is 2.16. The van der Waals surface area contributed by atoms with E-state index in [0.717, 1.165) is 6.07 Å². The number of hydrogen-bond acceptors (Lipinski definition) is 4. The van der Waals surface area contributed by atoms with Crippen LogP contribution in [-0.4, -0.2) is 24.3 Å². The Kier molecular flexibility index (Phi) is 6.71. The third-order valence-electron chi connectivity index (χ3n) is 3.30. The molecule has 2 rings (SSSR count). The Morgan fingerprint density at radius 1 is 1.12 bits per heavy atom. The first-order chi connectivity index (χ1) is 12.3. The highest BCUT2D eigenvalue weighted by atomic mass is 35.5. The van der Waals surface area contributed by atoms with Crippen LogP contribution in [0.4, 0.5) is 10.1 Å². The molecule has 0 atom stereocenters. The first-order valence-electron chi connectivity index (χ1n) is 7.46. The quantitative estimate of drug-likeness (QED) is 0.589. The van der Waals surface area contributed by atoms with Gasteiger partial charge in [0.25, 0.3) is 0 Å². The molecule has 0 fully saturated rings.